The lowest BCUT2D eigenvalue weighted by atomic mass is 10.1. The Morgan fingerprint density at radius 2 is 1.83 bits per heavy atom. The zero-order valence-electron chi connectivity index (χ0n) is 17.0. The average molecular weight is 461 g/mol. The van der Waals surface area contributed by atoms with Gasteiger partial charge in [-0.3, -0.25) is 9.36 Å². The molecule has 3 aromatic rings. The standard InChI is InChI=1S/C22H22Cl2N4OS/c1-5-8-28-21(16-6-7-17(23)18(24)11-16)26-27-22(28)30-12-19(29)25-20-14(3)9-13(2)10-15(20)4/h5-7,9-11H,1,8,12H2,2-4H3,(H,25,29). The van der Waals surface area contributed by atoms with Gasteiger partial charge in [0.05, 0.1) is 15.8 Å². The van der Waals surface area contributed by atoms with Gasteiger partial charge in [0.15, 0.2) is 11.0 Å². The normalized spacial score (nSPS) is 10.8. The quantitative estimate of drug-likeness (QED) is 0.342. The van der Waals surface area contributed by atoms with Crippen molar-refractivity contribution in [2.45, 2.75) is 32.5 Å². The van der Waals surface area contributed by atoms with Crippen molar-refractivity contribution in [3.63, 3.8) is 0 Å². The van der Waals surface area contributed by atoms with Crippen LogP contribution in [0.5, 0.6) is 0 Å². The second kappa shape index (κ2) is 9.69. The van der Waals surface area contributed by atoms with Crippen LogP contribution in [0.25, 0.3) is 11.4 Å². The number of hydrogen-bond acceptors (Lipinski definition) is 4. The molecule has 0 atom stereocenters. The zero-order valence-corrected chi connectivity index (χ0v) is 19.3. The maximum Gasteiger partial charge on any atom is 0.234 e. The van der Waals surface area contributed by atoms with Crippen LogP contribution in [-0.2, 0) is 11.3 Å². The molecule has 30 heavy (non-hydrogen) atoms. The summed E-state index contributed by atoms with van der Waals surface area (Å²) >= 11 is 13.5. The molecule has 1 N–H and O–H groups in total. The predicted octanol–water partition coefficient (Wildman–Crippen LogP) is 6.09. The van der Waals surface area contributed by atoms with Gasteiger partial charge in [0.25, 0.3) is 0 Å². The van der Waals surface area contributed by atoms with Crippen LogP contribution >= 0.6 is 35.0 Å². The van der Waals surface area contributed by atoms with E-state index in [9.17, 15) is 4.79 Å². The van der Waals surface area contributed by atoms with Gasteiger partial charge in [-0.05, 0) is 50.1 Å². The van der Waals surface area contributed by atoms with Crippen molar-refractivity contribution in [1.29, 1.82) is 0 Å². The van der Waals surface area contributed by atoms with Crippen molar-refractivity contribution in [3.05, 3.63) is 69.7 Å². The topological polar surface area (TPSA) is 59.8 Å². The molecule has 0 saturated heterocycles. The molecule has 5 nitrogen and oxygen atoms in total. The number of aromatic nitrogens is 3. The average Bonchev–Trinajstić information content (AvgIpc) is 3.08. The summed E-state index contributed by atoms with van der Waals surface area (Å²) < 4.78 is 1.90. The number of benzene rings is 2. The van der Waals surface area contributed by atoms with Crippen LogP contribution < -0.4 is 5.32 Å². The maximum absolute atomic E-state index is 12.6. The number of rotatable bonds is 7. The summed E-state index contributed by atoms with van der Waals surface area (Å²) in [6, 6.07) is 9.41. The molecule has 0 saturated carbocycles. The predicted molar refractivity (Wildman–Crippen MR) is 126 cm³/mol. The molecule has 0 unspecified atom stereocenters. The van der Waals surface area contributed by atoms with Gasteiger partial charge >= 0.3 is 0 Å². The Morgan fingerprint density at radius 1 is 1.13 bits per heavy atom. The molecular weight excluding hydrogens is 439 g/mol. The minimum Gasteiger partial charge on any atom is -0.325 e. The van der Waals surface area contributed by atoms with Crippen molar-refractivity contribution in [3.8, 4) is 11.4 Å². The van der Waals surface area contributed by atoms with Crippen molar-refractivity contribution < 1.29 is 4.79 Å². The van der Waals surface area contributed by atoms with E-state index in [1.165, 1.54) is 17.3 Å². The molecule has 1 aromatic heterocycles. The van der Waals surface area contributed by atoms with E-state index in [0.29, 0.717) is 27.6 Å². The number of aryl methyl sites for hydroxylation is 3. The fourth-order valence-corrected chi connectivity index (χ4v) is 4.27. The van der Waals surface area contributed by atoms with Gasteiger partial charge in [0.2, 0.25) is 5.91 Å². The largest absolute Gasteiger partial charge is 0.325 e. The summed E-state index contributed by atoms with van der Waals surface area (Å²) in [6.07, 6.45) is 1.76. The van der Waals surface area contributed by atoms with Gasteiger partial charge in [-0.15, -0.1) is 16.8 Å². The van der Waals surface area contributed by atoms with Gasteiger partial charge in [-0.2, -0.15) is 0 Å². The molecule has 0 spiro atoms. The lowest BCUT2D eigenvalue weighted by molar-refractivity contribution is -0.113. The maximum atomic E-state index is 12.6. The van der Waals surface area contributed by atoms with E-state index < -0.39 is 0 Å². The number of nitrogens with zero attached hydrogens (tertiary/aromatic N) is 3. The fraction of sp³-hybridized carbons (Fsp3) is 0.227. The summed E-state index contributed by atoms with van der Waals surface area (Å²) in [6.45, 7) is 10.3. The number of carbonyl (C=O) groups is 1. The molecule has 3 rings (SSSR count). The number of nitrogens with one attached hydrogen (secondary N) is 1. The van der Waals surface area contributed by atoms with Crippen molar-refractivity contribution in [2.75, 3.05) is 11.1 Å². The van der Waals surface area contributed by atoms with Gasteiger partial charge in [-0.25, -0.2) is 0 Å². The Morgan fingerprint density at radius 3 is 2.47 bits per heavy atom. The smallest absolute Gasteiger partial charge is 0.234 e. The van der Waals surface area contributed by atoms with E-state index in [1.54, 1.807) is 18.2 Å². The van der Waals surface area contributed by atoms with Gasteiger partial charge in [0.1, 0.15) is 0 Å². The molecule has 0 bridgehead atoms. The van der Waals surface area contributed by atoms with E-state index in [-0.39, 0.29) is 11.7 Å². The Labute approximate surface area is 190 Å². The highest BCUT2D eigenvalue weighted by molar-refractivity contribution is 7.99. The lowest BCUT2D eigenvalue weighted by Gasteiger charge is -2.13. The number of amides is 1. The number of thioether (sulfide) groups is 1. The van der Waals surface area contributed by atoms with E-state index in [2.05, 4.69) is 34.2 Å². The zero-order chi connectivity index (χ0) is 21.8. The lowest BCUT2D eigenvalue weighted by Crippen LogP contribution is -2.16. The summed E-state index contributed by atoms with van der Waals surface area (Å²) in [5.74, 6) is 0.754. The first kappa shape index (κ1) is 22.4. The molecule has 0 aliphatic carbocycles. The van der Waals surface area contributed by atoms with Gasteiger partial charge < -0.3 is 5.32 Å². The summed E-state index contributed by atoms with van der Waals surface area (Å²) in [4.78, 5) is 12.6. The Balaban J connectivity index is 1.77. The molecule has 0 aliphatic rings. The molecule has 0 fully saturated rings. The number of hydrogen-bond donors (Lipinski definition) is 1. The van der Waals surface area contributed by atoms with Crippen LogP contribution in [0.4, 0.5) is 5.69 Å². The highest BCUT2D eigenvalue weighted by Crippen LogP contribution is 2.30. The van der Waals surface area contributed by atoms with Crippen LogP contribution in [0.15, 0.2) is 48.1 Å². The monoisotopic (exact) mass is 460 g/mol. The van der Waals surface area contributed by atoms with Crippen LogP contribution in [0.1, 0.15) is 16.7 Å². The van der Waals surface area contributed by atoms with E-state index >= 15 is 0 Å². The third kappa shape index (κ3) is 5.06. The van der Waals surface area contributed by atoms with E-state index in [1.807, 2.05) is 31.4 Å². The Bertz CT molecular complexity index is 1090. The molecular formula is C22H22Cl2N4OS. The van der Waals surface area contributed by atoms with Crippen LogP contribution in [0.3, 0.4) is 0 Å². The van der Waals surface area contributed by atoms with Crippen molar-refractivity contribution >= 4 is 46.6 Å². The second-order valence-electron chi connectivity index (χ2n) is 6.94. The molecule has 2 aromatic carbocycles. The van der Waals surface area contributed by atoms with Crippen LogP contribution in [0.2, 0.25) is 10.0 Å². The first-order valence-electron chi connectivity index (χ1n) is 9.30. The molecule has 1 heterocycles. The number of anilines is 1. The van der Waals surface area contributed by atoms with E-state index in [4.69, 9.17) is 23.2 Å². The number of halogens is 2. The van der Waals surface area contributed by atoms with Gasteiger partial charge in [0, 0.05) is 17.8 Å². The first-order chi connectivity index (χ1) is 14.3. The minimum atomic E-state index is -0.0979. The fourth-order valence-electron chi connectivity index (χ4n) is 3.22. The van der Waals surface area contributed by atoms with E-state index in [0.717, 1.165) is 22.4 Å². The molecule has 8 heteroatoms. The van der Waals surface area contributed by atoms with Crippen molar-refractivity contribution in [2.24, 2.45) is 0 Å². The minimum absolute atomic E-state index is 0.0979. The summed E-state index contributed by atoms with van der Waals surface area (Å²) in [7, 11) is 0. The third-order valence-electron chi connectivity index (χ3n) is 4.48. The van der Waals surface area contributed by atoms with Crippen molar-refractivity contribution in [1.82, 2.24) is 14.8 Å². The molecule has 1 amide bonds. The van der Waals surface area contributed by atoms with Crippen LogP contribution in [0, 0.1) is 20.8 Å². The summed E-state index contributed by atoms with van der Waals surface area (Å²) in [5, 5.41) is 13.1. The van der Waals surface area contributed by atoms with Crippen LogP contribution in [-0.4, -0.2) is 26.4 Å². The number of allylic oxidation sites excluding steroid dienone is 1. The first-order valence-corrected chi connectivity index (χ1v) is 11.0. The highest BCUT2D eigenvalue weighted by Gasteiger charge is 2.16. The summed E-state index contributed by atoms with van der Waals surface area (Å²) in [5.41, 5.74) is 4.91. The van der Waals surface area contributed by atoms with Gasteiger partial charge in [-0.1, -0.05) is 58.7 Å². The molecule has 0 aliphatic heterocycles. The third-order valence-corrected chi connectivity index (χ3v) is 6.19. The Hall–Kier alpha value is -2.28. The second-order valence-corrected chi connectivity index (χ2v) is 8.70. The highest BCUT2D eigenvalue weighted by atomic mass is 35.5. The number of carbonyl (C=O) groups excluding carboxylic acids is 1. The molecule has 156 valence electrons. The Kier molecular flexibility index (Phi) is 7.23. The molecule has 0 radical (unpaired) electrons. The SMILES string of the molecule is C=CCn1c(SCC(=O)Nc2c(C)cc(C)cc2C)nnc1-c1ccc(Cl)c(Cl)c1.